The van der Waals surface area contributed by atoms with Crippen molar-refractivity contribution in [3.05, 3.63) is 66.2 Å². The summed E-state index contributed by atoms with van der Waals surface area (Å²) in [4.78, 5) is 46.4. The van der Waals surface area contributed by atoms with Crippen LogP contribution in [0.25, 0.3) is 0 Å². The highest BCUT2D eigenvalue weighted by Gasteiger charge is 2.54. The molecule has 8 nitrogen and oxygen atoms in total. The van der Waals surface area contributed by atoms with Gasteiger partial charge in [-0.1, -0.05) is 48.5 Å². The van der Waals surface area contributed by atoms with E-state index < -0.39 is 5.54 Å². The van der Waals surface area contributed by atoms with Crippen molar-refractivity contribution in [3.63, 3.8) is 0 Å². The zero-order valence-electron chi connectivity index (χ0n) is 19.9. The number of benzene rings is 2. The molecular weight excluding hydrogens is 430 g/mol. The lowest BCUT2D eigenvalue weighted by Gasteiger charge is -2.43. The number of carbonyl (C=O) groups excluding carboxylic acids is 3. The number of urea groups is 1. The Morgan fingerprint density at radius 3 is 2.24 bits per heavy atom. The molecule has 4 amide bonds. The monoisotopic (exact) mass is 463 g/mol. The van der Waals surface area contributed by atoms with Gasteiger partial charge in [0.1, 0.15) is 12.1 Å². The topological polar surface area (TPSA) is 76.2 Å². The lowest BCUT2D eigenvalue weighted by Crippen LogP contribution is -2.58. The Balaban J connectivity index is 1.50. The van der Waals surface area contributed by atoms with E-state index >= 15 is 0 Å². The van der Waals surface area contributed by atoms with E-state index in [1.807, 2.05) is 67.6 Å². The number of anilines is 1. The van der Waals surface area contributed by atoms with E-state index in [1.165, 1.54) is 0 Å². The number of rotatable bonds is 6. The summed E-state index contributed by atoms with van der Waals surface area (Å²) in [5.41, 5.74) is 1.25. The molecule has 0 aromatic heterocycles. The molecule has 2 heterocycles. The van der Waals surface area contributed by atoms with E-state index in [1.54, 1.807) is 21.7 Å². The van der Waals surface area contributed by atoms with Crippen molar-refractivity contribution in [1.29, 1.82) is 0 Å². The first-order chi connectivity index (χ1) is 16.4. The number of hydrogen-bond acceptors (Lipinski definition) is 4. The van der Waals surface area contributed by atoms with Gasteiger partial charge in [0.05, 0.1) is 6.67 Å². The van der Waals surface area contributed by atoms with Crippen LogP contribution in [0.5, 0.6) is 0 Å². The Hall–Kier alpha value is -3.55. The van der Waals surface area contributed by atoms with Gasteiger partial charge in [0.2, 0.25) is 5.91 Å². The van der Waals surface area contributed by atoms with Crippen LogP contribution in [0.2, 0.25) is 0 Å². The minimum atomic E-state index is -0.747. The molecule has 0 bridgehead atoms. The smallest absolute Gasteiger partial charge is 0.317 e. The van der Waals surface area contributed by atoms with E-state index in [-0.39, 0.29) is 24.4 Å². The molecule has 2 aliphatic rings. The van der Waals surface area contributed by atoms with Gasteiger partial charge in [-0.05, 0) is 37.5 Å². The van der Waals surface area contributed by atoms with Crippen LogP contribution in [-0.4, -0.2) is 78.0 Å². The number of amides is 4. The van der Waals surface area contributed by atoms with Gasteiger partial charge in [-0.15, -0.1) is 0 Å². The zero-order chi connectivity index (χ0) is 24.1. The van der Waals surface area contributed by atoms with Crippen molar-refractivity contribution < 1.29 is 14.4 Å². The number of nitrogens with one attached hydrogen (secondary N) is 1. The molecule has 4 rings (SSSR count). The Kier molecular flexibility index (Phi) is 7.05. The molecule has 0 atom stereocenters. The van der Waals surface area contributed by atoms with Crippen LogP contribution in [0.1, 0.15) is 25.3 Å². The first-order valence-corrected chi connectivity index (χ1v) is 11.9. The highest BCUT2D eigenvalue weighted by molar-refractivity contribution is 5.96. The third kappa shape index (κ3) is 4.71. The fourth-order valence-corrected chi connectivity index (χ4v) is 4.89. The number of piperidine rings is 1. The maximum atomic E-state index is 13.8. The van der Waals surface area contributed by atoms with Gasteiger partial charge in [0.15, 0.2) is 0 Å². The van der Waals surface area contributed by atoms with Crippen LogP contribution in [-0.2, 0) is 16.1 Å². The van der Waals surface area contributed by atoms with Gasteiger partial charge in [0, 0.05) is 38.9 Å². The maximum Gasteiger partial charge on any atom is 0.317 e. The van der Waals surface area contributed by atoms with E-state index in [4.69, 9.17) is 0 Å². The van der Waals surface area contributed by atoms with Crippen molar-refractivity contribution in [2.24, 2.45) is 0 Å². The summed E-state index contributed by atoms with van der Waals surface area (Å²) < 4.78 is 0. The number of carbonyl (C=O) groups is 3. The lowest BCUT2D eigenvalue weighted by atomic mass is 9.85. The van der Waals surface area contributed by atoms with Gasteiger partial charge in [-0.3, -0.25) is 9.59 Å². The van der Waals surface area contributed by atoms with Crippen LogP contribution in [0.15, 0.2) is 60.7 Å². The van der Waals surface area contributed by atoms with Crippen molar-refractivity contribution in [1.82, 2.24) is 20.0 Å². The second-order valence-electron chi connectivity index (χ2n) is 9.00. The second-order valence-corrected chi connectivity index (χ2v) is 9.00. The fourth-order valence-electron chi connectivity index (χ4n) is 4.89. The molecule has 1 N–H and O–H groups in total. The van der Waals surface area contributed by atoms with Crippen LogP contribution < -0.4 is 10.2 Å². The normalized spacial score (nSPS) is 17.2. The van der Waals surface area contributed by atoms with Crippen LogP contribution in [0, 0.1) is 0 Å². The number of nitrogens with zero attached hydrogens (tertiary/aromatic N) is 4. The molecule has 2 aromatic carbocycles. The first-order valence-electron chi connectivity index (χ1n) is 11.9. The van der Waals surface area contributed by atoms with Gasteiger partial charge in [-0.25, -0.2) is 4.79 Å². The van der Waals surface area contributed by atoms with E-state index in [9.17, 15) is 14.4 Å². The van der Waals surface area contributed by atoms with Gasteiger partial charge in [-0.2, -0.15) is 0 Å². The molecule has 180 valence electrons. The zero-order valence-corrected chi connectivity index (χ0v) is 19.9. The average Bonchev–Trinajstić information content (AvgIpc) is 3.12. The SMILES string of the molecule is CCNC(=O)N1CCC2(CC1)C(=O)N(CC(=O)N(C)Cc1ccccc1)CN2c1ccccc1. The molecule has 1 spiro atoms. The predicted octanol–water partition coefficient (Wildman–Crippen LogP) is 2.52. The largest absolute Gasteiger partial charge is 0.340 e. The summed E-state index contributed by atoms with van der Waals surface area (Å²) >= 11 is 0. The molecule has 2 fully saturated rings. The molecular formula is C26H33N5O3. The molecule has 0 saturated carbocycles. The molecule has 34 heavy (non-hydrogen) atoms. The number of likely N-dealkylation sites (N-methyl/N-ethyl adjacent to an activating group) is 1. The quantitative estimate of drug-likeness (QED) is 0.714. The van der Waals surface area contributed by atoms with Crippen LogP contribution >= 0.6 is 0 Å². The summed E-state index contributed by atoms with van der Waals surface area (Å²) in [6.45, 7) is 4.35. The summed E-state index contributed by atoms with van der Waals surface area (Å²) in [7, 11) is 1.77. The maximum absolute atomic E-state index is 13.8. The fraction of sp³-hybridized carbons (Fsp3) is 0.423. The van der Waals surface area contributed by atoms with E-state index in [2.05, 4.69) is 10.2 Å². The van der Waals surface area contributed by atoms with Crippen molar-refractivity contribution in [3.8, 4) is 0 Å². The Morgan fingerprint density at radius 1 is 1.00 bits per heavy atom. The molecule has 2 aliphatic heterocycles. The van der Waals surface area contributed by atoms with Crippen molar-refractivity contribution >= 4 is 23.5 Å². The minimum absolute atomic E-state index is 0.0339. The lowest BCUT2D eigenvalue weighted by molar-refractivity contribution is -0.140. The molecule has 0 unspecified atom stereocenters. The third-order valence-electron chi connectivity index (χ3n) is 6.80. The summed E-state index contributed by atoms with van der Waals surface area (Å²) in [6, 6.07) is 19.6. The summed E-state index contributed by atoms with van der Waals surface area (Å²) in [5, 5.41) is 2.84. The Bertz CT molecular complexity index is 1010. The molecule has 8 heteroatoms. The Morgan fingerprint density at radius 2 is 1.62 bits per heavy atom. The van der Waals surface area contributed by atoms with Gasteiger partial charge >= 0.3 is 6.03 Å². The van der Waals surface area contributed by atoms with Crippen molar-refractivity contribution in [2.75, 3.05) is 44.8 Å². The average molecular weight is 464 g/mol. The summed E-state index contributed by atoms with van der Waals surface area (Å²) in [6.07, 6.45) is 1.06. The number of likely N-dealkylation sites (tertiary alicyclic amines) is 1. The third-order valence-corrected chi connectivity index (χ3v) is 6.80. The Labute approximate surface area is 201 Å². The van der Waals surface area contributed by atoms with Gasteiger partial charge < -0.3 is 24.9 Å². The standard InChI is InChI=1S/C26H33N5O3/c1-3-27-25(34)29-16-14-26(15-17-29)24(33)30(20-31(26)22-12-8-5-9-13-22)19-23(32)28(2)18-21-10-6-4-7-11-21/h4-13H,3,14-20H2,1-2H3,(H,27,34). The minimum Gasteiger partial charge on any atom is -0.340 e. The van der Waals surface area contributed by atoms with Crippen LogP contribution in [0.4, 0.5) is 10.5 Å². The predicted molar refractivity (Wildman–Crippen MR) is 131 cm³/mol. The molecule has 2 saturated heterocycles. The van der Waals surface area contributed by atoms with Gasteiger partial charge in [0.25, 0.3) is 5.91 Å². The van der Waals surface area contributed by atoms with Crippen LogP contribution in [0.3, 0.4) is 0 Å². The highest BCUT2D eigenvalue weighted by atomic mass is 16.2. The number of para-hydroxylation sites is 1. The first kappa shape index (κ1) is 23.6. The number of hydrogen-bond donors (Lipinski definition) is 1. The second kappa shape index (κ2) is 10.2. The molecule has 0 aliphatic carbocycles. The highest BCUT2D eigenvalue weighted by Crippen LogP contribution is 2.39. The molecule has 2 aromatic rings. The van der Waals surface area contributed by atoms with E-state index in [0.29, 0.717) is 45.7 Å². The summed E-state index contributed by atoms with van der Waals surface area (Å²) in [5.74, 6) is -0.129. The van der Waals surface area contributed by atoms with E-state index in [0.717, 1.165) is 11.3 Å². The molecule has 0 radical (unpaired) electrons. The van der Waals surface area contributed by atoms with Crippen molar-refractivity contribution in [2.45, 2.75) is 31.8 Å².